The van der Waals surface area contributed by atoms with Crippen molar-refractivity contribution in [2.24, 2.45) is 0 Å². The van der Waals surface area contributed by atoms with Crippen LogP contribution in [0.4, 0.5) is 0 Å². The maximum Gasteiger partial charge on any atom is 0.268 e. The Morgan fingerprint density at radius 3 is 2.48 bits per heavy atom. The Morgan fingerprint density at radius 2 is 1.84 bits per heavy atom. The number of hydrogen-bond donors (Lipinski definition) is 0. The van der Waals surface area contributed by atoms with Gasteiger partial charge in [-0.3, -0.25) is 4.79 Å². The van der Waals surface area contributed by atoms with E-state index >= 15 is 0 Å². The average Bonchev–Trinajstić information content (AvgIpc) is 3.41. The molecule has 2 aromatic carbocycles. The molecule has 1 aliphatic rings. The second-order valence-electron chi connectivity index (χ2n) is 6.26. The molecule has 0 spiro atoms. The van der Waals surface area contributed by atoms with Crippen LogP contribution >= 0.6 is 11.6 Å². The van der Waals surface area contributed by atoms with Crippen molar-refractivity contribution < 1.29 is 13.2 Å². The van der Waals surface area contributed by atoms with E-state index in [9.17, 15) is 13.2 Å². The van der Waals surface area contributed by atoms with Crippen molar-refractivity contribution in [3.05, 3.63) is 65.9 Å². The molecule has 6 heteroatoms. The smallest absolute Gasteiger partial charge is 0.268 e. The van der Waals surface area contributed by atoms with Gasteiger partial charge in [-0.15, -0.1) is 11.6 Å². The van der Waals surface area contributed by atoms with Crippen molar-refractivity contribution in [3.8, 4) is 0 Å². The molecular weight excluding hydrogens is 358 g/mol. The SMILES string of the molecule is O=C(CCl)c1cn(S(=O)(=O)c2ccccc2)c2cc(C3CC3)ccc12. The Labute approximate surface area is 151 Å². The lowest BCUT2D eigenvalue weighted by atomic mass is 10.1. The molecule has 0 amide bonds. The molecule has 0 saturated heterocycles. The van der Waals surface area contributed by atoms with E-state index < -0.39 is 10.0 Å². The molecular formula is C19H16ClNO3S. The van der Waals surface area contributed by atoms with E-state index in [1.165, 1.54) is 10.2 Å². The van der Waals surface area contributed by atoms with Crippen molar-refractivity contribution >= 4 is 38.3 Å². The van der Waals surface area contributed by atoms with Crippen LogP contribution in [0.15, 0.2) is 59.6 Å². The zero-order chi connectivity index (χ0) is 17.6. The van der Waals surface area contributed by atoms with Crippen LogP contribution in [0.5, 0.6) is 0 Å². The van der Waals surface area contributed by atoms with Gasteiger partial charge in [0.15, 0.2) is 5.78 Å². The summed E-state index contributed by atoms with van der Waals surface area (Å²) in [6.45, 7) is 0. The van der Waals surface area contributed by atoms with Crippen LogP contribution in [0.1, 0.15) is 34.7 Å². The molecule has 0 unspecified atom stereocenters. The van der Waals surface area contributed by atoms with E-state index in [2.05, 4.69) is 0 Å². The molecule has 1 fully saturated rings. The fraction of sp³-hybridized carbons (Fsp3) is 0.211. The fourth-order valence-electron chi connectivity index (χ4n) is 3.08. The maximum atomic E-state index is 13.1. The molecule has 1 aliphatic carbocycles. The minimum Gasteiger partial charge on any atom is -0.293 e. The summed E-state index contributed by atoms with van der Waals surface area (Å²) in [6.07, 6.45) is 3.63. The van der Waals surface area contributed by atoms with Crippen LogP contribution in [-0.2, 0) is 10.0 Å². The van der Waals surface area contributed by atoms with Crippen LogP contribution in [0, 0.1) is 0 Å². The van der Waals surface area contributed by atoms with Crippen LogP contribution in [0.2, 0.25) is 0 Å². The molecule has 25 heavy (non-hydrogen) atoms. The third-order valence-corrected chi connectivity index (χ3v) is 6.50. The van der Waals surface area contributed by atoms with Gasteiger partial charge in [0.2, 0.25) is 0 Å². The van der Waals surface area contributed by atoms with Gasteiger partial charge in [-0.2, -0.15) is 0 Å². The van der Waals surface area contributed by atoms with Crippen molar-refractivity contribution in [2.75, 3.05) is 5.88 Å². The molecule has 128 valence electrons. The van der Waals surface area contributed by atoms with E-state index in [0.717, 1.165) is 18.4 Å². The number of halogens is 1. The molecule has 4 rings (SSSR count). The van der Waals surface area contributed by atoms with Crippen molar-refractivity contribution in [1.29, 1.82) is 0 Å². The molecule has 1 saturated carbocycles. The number of carbonyl (C=O) groups excluding carboxylic acids is 1. The van der Waals surface area contributed by atoms with Gasteiger partial charge >= 0.3 is 0 Å². The quantitative estimate of drug-likeness (QED) is 0.498. The number of aromatic nitrogens is 1. The summed E-state index contributed by atoms with van der Waals surface area (Å²) in [5, 5.41) is 0.620. The lowest BCUT2D eigenvalue weighted by Gasteiger charge is -2.08. The number of carbonyl (C=O) groups is 1. The normalized spacial score (nSPS) is 14.8. The highest BCUT2D eigenvalue weighted by atomic mass is 35.5. The minimum atomic E-state index is -3.79. The molecule has 0 aliphatic heterocycles. The average molecular weight is 374 g/mol. The zero-order valence-corrected chi connectivity index (χ0v) is 14.9. The first-order valence-electron chi connectivity index (χ1n) is 8.07. The van der Waals surface area contributed by atoms with Gasteiger partial charge in [0, 0.05) is 17.1 Å². The zero-order valence-electron chi connectivity index (χ0n) is 13.4. The van der Waals surface area contributed by atoms with Gasteiger partial charge in [-0.05, 0) is 42.5 Å². The van der Waals surface area contributed by atoms with Gasteiger partial charge in [0.25, 0.3) is 10.0 Å². The lowest BCUT2D eigenvalue weighted by molar-refractivity contribution is 0.102. The number of ketones is 1. The van der Waals surface area contributed by atoms with Crippen molar-refractivity contribution in [2.45, 2.75) is 23.7 Å². The van der Waals surface area contributed by atoms with Crippen LogP contribution in [-0.4, -0.2) is 24.1 Å². The standard InChI is InChI=1S/C19H16ClNO3S/c20-11-19(22)17-12-21(25(23,24)15-4-2-1-3-5-15)18-10-14(13-6-7-13)8-9-16(17)18/h1-5,8-10,12-13H,6-7,11H2. The third-order valence-electron chi connectivity index (χ3n) is 4.57. The van der Waals surface area contributed by atoms with E-state index in [1.807, 2.05) is 18.2 Å². The minimum absolute atomic E-state index is 0.186. The van der Waals surface area contributed by atoms with Crippen LogP contribution < -0.4 is 0 Å². The number of benzene rings is 2. The molecule has 3 aromatic rings. The van der Waals surface area contributed by atoms with Crippen LogP contribution in [0.25, 0.3) is 10.9 Å². The molecule has 0 atom stereocenters. The summed E-state index contributed by atoms with van der Waals surface area (Å²) < 4.78 is 27.4. The number of Topliss-reactive ketones (excluding diaryl/α,β-unsaturated/α-hetero) is 1. The van der Waals surface area contributed by atoms with Gasteiger partial charge in [-0.1, -0.05) is 30.3 Å². The second kappa shape index (κ2) is 6.00. The lowest BCUT2D eigenvalue weighted by Crippen LogP contribution is -2.12. The molecule has 0 radical (unpaired) electrons. The Bertz CT molecular complexity index is 1070. The van der Waals surface area contributed by atoms with Crippen LogP contribution in [0.3, 0.4) is 0 Å². The van der Waals surface area contributed by atoms with E-state index in [1.54, 1.807) is 30.3 Å². The fourth-order valence-corrected chi connectivity index (χ4v) is 4.61. The number of hydrogen-bond acceptors (Lipinski definition) is 3. The molecule has 4 nitrogen and oxygen atoms in total. The Hall–Kier alpha value is -2.11. The number of rotatable bonds is 5. The summed E-state index contributed by atoms with van der Waals surface area (Å²) in [6, 6.07) is 13.9. The Balaban J connectivity index is 1.99. The predicted molar refractivity (Wildman–Crippen MR) is 98.0 cm³/mol. The Morgan fingerprint density at radius 1 is 1.12 bits per heavy atom. The monoisotopic (exact) mass is 373 g/mol. The molecule has 0 N–H and O–H groups in total. The number of nitrogens with zero attached hydrogens (tertiary/aromatic N) is 1. The number of fused-ring (bicyclic) bond motifs is 1. The summed E-state index contributed by atoms with van der Waals surface area (Å²) in [7, 11) is -3.79. The molecule has 1 aromatic heterocycles. The topological polar surface area (TPSA) is 56.1 Å². The first-order chi connectivity index (χ1) is 12.0. The molecule has 1 heterocycles. The largest absolute Gasteiger partial charge is 0.293 e. The number of alkyl halides is 1. The summed E-state index contributed by atoms with van der Waals surface area (Å²) in [4.78, 5) is 12.4. The van der Waals surface area contributed by atoms with Crippen molar-refractivity contribution in [1.82, 2.24) is 3.97 Å². The highest BCUT2D eigenvalue weighted by Gasteiger charge is 2.27. The maximum absolute atomic E-state index is 13.1. The van der Waals surface area contributed by atoms with E-state index in [4.69, 9.17) is 11.6 Å². The highest BCUT2D eigenvalue weighted by molar-refractivity contribution is 7.90. The molecule has 0 bridgehead atoms. The predicted octanol–water partition coefficient (Wildman–Crippen LogP) is 4.18. The first kappa shape index (κ1) is 16.4. The highest BCUT2D eigenvalue weighted by Crippen LogP contribution is 2.41. The third kappa shape index (κ3) is 2.77. The van der Waals surface area contributed by atoms with Crippen molar-refractivity contribution in [3.63, 3.8) is 0 Å². The summed E-state index contributed by atoms with van der Waals surface area (Å²) >= 11 is 5.71. The Kier molecular flexibility index (Phi) is 3.93. The van der Waals surface area contributed by atoms with Gasteiger partial charge in [-0.25, -0.2) is 12.4 Å². The van der Waals surface area contributed by atoms with Gasteiger partial charge < -0.3 is 0 Å². The van der Waals surface area contributed by atoms with Gasteiger partial charge in [0.05, 0.1) is 16.3 Å². The van der Waals surface area contributed by atoms with Gasteiger partial charge in [0.1, 0.15) is 0 Å². The van der Waals surface area contributed by atoms with E-state index in [0.29, 0.717) is 22.4 Å². The summed E-state index contributed by atoms with van der Waals surface area (Å²) in [5.74, 6) is 0.0155. The first-order valence-corrected chi connectivity index (χ1v) is 10.0. The van der Waals surface area contributed by atoms with E-state index in [-0.39, 0.29) is 16.6 Å². The summed E-state index contributed by atoms with van der Waals surface area (Å²) in [5.41, 5.74) is 1.98. The second-order valence-corrected chi connectivity index (χ2v) is 8.35.